The number of aryl methyl sites for hydroxylation is 1. The molecule has 0 aromatic heterocycles. The first-order chi connectivity index (χ1) is 13.0. The molecular formula is C23H40N2O3S. The Kier molecular flexibility index (Phi) is 10.3. The summed E-state index contributed by atoms with van der Waals surface area (Å²) in [5.41, 5.74) is 0.776. The zero-order valence-corrected chi connectivity index (χ0v) is 17.1. The minimum absolute atomic E-state index is 0. The lowest BCUT2D eigenvalue weighted by atomic mass is 9.90. The molecule has 1 heterocycles. The highest BCUT2D eigenvalue weighted by molar-refractivity contribution is 7.89. The second-order valence-electron chi connectivity index (χ2n) is 8.07. The first-order valence-electron chi connectivity index (χ1n) is 10.3. The summed E-state index contributed by atoms with van der Waals surface area (Å²) in [6, 6.07) is 7.12. The van der Waals surface area contributed by atoms with Gasteiger partial charge in [-0.1, -0.05) is 65.2 Å². The van der Waals surface area contributed by atoms with Crippen LogP contribution in [0.5, 0.6) is 0 Å². The van der Waals surface area contributed by atoms with Crippen LogP contribution < -0.4 is 5.32 Å². The molecule has 6 heteroatoms. The van der Waals surface area contributed by atoms with Crippen LogP contribution >= 0.6 is 0 Å². The van der Waals surface area contributed by atoms with Gasteiger partial charge in [-0.3, -0.25) is 4.79 Å². The van der Waals surface area contributed by atoms with E-state index in [0.717, 1.165) is 37.7 Å². The van der Waals surface area contributed by atoms with Gasteiger partial charge in [-0.05, 0) is 43.7 Å². The summed E-state index contributed by atoms with van der Waals surface area (Å²) in [5, 5.41) is 3.11. The molecule has 2 fully saturated rings. The number of nitrogens with zero attached hydrogens (tertiary/aromatic N) is 1. The first kappa shape index (κ1) is 25.6. The summed E-state index contributed by atoms with van der Waals surface area (Å²) in [7, 11) is -3.45. The monoisotopic (exact) mass is 424 g/mol. The molecule has 1 aliphatic carbocycles. The lowest BCUT2D eigenvalue weighted by molar-refractivity contribution is -0.125. The molecule has 1 unspecified atom stereocenters. The Balaban J connectivity index is 0.00000210. The van der Waals surface area contributed by atoms with E-state index in [1.165, 1.54) is 19.3 Å². The minimum atomic E-state index is -3.45. The van der Waals surface area contributed by atoms with Crippen molar-refractivity contribution in [3.8, 4) is 0 Å². The molecule has 0 bridgehead atoms. The standard InChI is InChI=1S/C21H32N2O3S.2CH4/c1-17-9-7-8-12-20(17)27(25,26)23-14-13-18(16-23)15-22-21(24)19-10-5-3-2-4-6-11-19;;/h7-9,12,18-19H,2-6,10-11,13-16H2,1H3,(H,22,24);2*1H4. The van der Waals surface area contributed by atoms with Crippen LogP contribution in [0.4, 0.5) is 0 Å². The van der Waals surface area contributed by atoms with Gasteiger partial charge in [0.1, 0.15) is 0 Å². The predicted octanol–water partition coefficient (Wildman–Crippen LogP) is 4.75. The SMILES string of the molecule is C.C.Cc1ccccc1S(=O)(=O)N1CCC(CNC(=O)C2CCCCCCC2)C1. The average Bonchev–Trinajstić information content (AvgIpc) is 3.09. The quantitative estimate of drug-likeness (QED) is 0.741. The van der Waals surface area contributed by atoms with Gasteiger partial charge >= 0.3 is 0 Å². The highest BCUT2D eigenvalue weighted by Gasteiger charge is 2.33. The molecule has 3 rings (SSSR count). The van der Waals surface area contributed by atoms with E-state index < -0.39 is 10.0 Å². The summed E-state index contributed by atoms with van der Waals surface area (Å²) in [5.74, 6) is 0.497. The number of carbonyl (C=O) groups is 1. The maximum atomic E-state index is 12.9. The van der Waals surface area contributed by atoms with Crippen molar-refractivity contribution in [2.24, 2.45) is 11.8 Å². The van der Waals surface area contributed by atoms with Crippen LogP contribution in [-0.2, 0) is 14.8 Å². The molecule has 1 aromatic rings. The third-order valence-electron chi connectivity index (χ3n) is 6.00. The average molecular weight is 425 g/mol. The highest BCUT2D eigenvalue weighted by Crippen LogP contribution is 2.26. The van der Waals surface area contributed by atoms with Gasteiger partial charge < -0.3 is 5.32 Å². The number of carbonyl (C=O) groups excluding carboxylic acids is 1. The van der Waals surface area contributed by atoms with Crippen LogP contribution in [-0.4, -0.2) is 38.3 Å². The van der Waals surface area contributed by atoms with Crippen molar-refractivity contribution in [3.05, 3.63) is 29.8 Å². The Labute approximate surface area is 178 Å². The number of nitrogens with one attached hydrogen (secondary N) is 1. The Bertz CT molecular complexity index is 740. The Morgan fingerprint density at radius 1 is 1.03 bits per heavy atom. The van der Waals surface area contributed by atoms with E-state index in [2.05, 4.69) is 5.32 Å². The maximum Gasteiger partial charge on any atom is 0.243 e. The van der Waals surface area contributed by atoms with Crippen molar-refractivity contribution in [2.45, 2.75) is 78.0 Å². The van der Waals surface area contributed by atoms with Crippen molar-refractivity contribution in [1.29, 1.82) is 0 Å². The fraction of sp³-hybridized carbons (Fsp3) is 0.696. The zero-order valence-electron chi connectivity index (χ0n) is 16.3. The van der Waals surface area contributed by atoms with E-state index in [1.54, 1.807) is 16.4 Å². The molecule has 1 atom stereocenters. The second kappa shape index (κ2) is 11.7. The molecule has 166 valence electrons. The second-order valence-corrected chi connectivity index (χ2v) is 9.98. The molecular weight excluding hydrogens is 384 g/mol. The number of hydrogen-bond donors (Lipinski definition) is 1. The fourth-order valence-electron chi connectivity index (χ4n) is 4.27. The molecule has 2 aliphatic rings. The smallest absolute Gasteiger partial charge is 0.243 e. The largest absolute Gasteiger partial charge is 0.356 e. The van der Waals surface area contributed by atoms with Crippen molar-refractivity contribution in [1.82, 2.24) is 9.62 Å². The normalized spacial score (nSPS) is 21.3. The summed E-state index contributed by atoms with van der Waals surface area (Å²) in [6.45, 7) is 3.42. The summed E-state index contributed by atoms with van der Waals surface area (Å²) in [4.78, 5) is 12.9. The summed E-state index contributed by atoms with van der Waals surface area (Å²) < 4.78 is 27.4. The summed E-state index contributed by atoms with van der Waals surface area (Å²) >= 11 is 0. The van der Waals surface area contributed by atoms with E-state index in [1.807, 2.05) is 19.1 Å². The van der Waals surface area contributed by atoms with Crippen LogP contribution in [0.3, 0.4) is 0 Å². The van der Waals surface area contributed by atoms with Gasteiger partial charge in [0.25, 0.3) is 0 Å². The van der Waals surface area contributed by atoms with E-state index in [0.29, 0.717) is 24.5 Å². The van der Waals surface area contributed by atoms with Gasteiger partial charge in [-0.25, -0.2) is 8.42 Å². The fourth-order valence-corrected chi connectivity index (χ4v) is 6.03. The van der Waals surface area contributed by atoms with Crippen LogP contribution in [0, 0.1) is 18.8 Å². The molecule has 1 saturated carbocycles. The lowest BCUT2D eigenvalue weighted by Crippen LogP contribution is -2.36. The van der Waals surface area contributed by atoms with Gasteiger partial charge in [0.05, 0.1) is 4.90 Å². The van der Waals surface area contributed by atoms with Crippen molar-refractivity contribution >= 4 is 15.9 Å². The Hall–Kier alpha value is -1.40. The molecule has 1 aliphatic heterocycles. The number of amides is 1. The van der Waals surface area contributed by atoms with Crippen LogP contribution in [0.1, 0.15) is 71.8 Å². The van der Waals surface area contributed by atoms with Crippen molar-refractivity contribution in [2.75, 3.05) is 19.6 Å². The van der Waals surface area contributed by atoms with E-state index in [4.69, 9.17) is 0 Å². The third-order valence-corrected chi connectivity index (χ3v) is 8.03. The third kappa shape index (κ3) is 6.54. The molecule has 1 amide bonds. The molecule has 5 nitrogen and oxygen atoms in total. The lowest BCUT2D eigenvalue weighted by Gasteiger charge is -2.21. The van der Waals surface area contributed by atoms with E-state index in [-0.39, 0.29) is 32.6 Å². The number of sulfonamides is 1. The van der Waals surface area contributed by atoms with Crippen LogP contribution in [0.2, 0.25) is 0 Å². The Morgan fingerprint density at radius 3 is 2.31 bits per heavy atom. The van der Waals surface area contributed by atoms with Crippen molar-refractivity contribution < 1.29 is 13.2 Å². The first-order valence-corrected chi connectivity index (χ1v) is 11.8. The maximum absolute atomic E-state index is 12.9. The predicted molar refractivity (Wildman–Crippen MR) is 120 cm³/mol. The Morgan fingerprint density at radius 2 is 1.66 bits per heavy atom. The molecule has 1 saturated heterocycles. The van der Waals surface area contributed by atoms with Gasteiger partial charge in [-0.2, -0.15) is 4.31 Å². The van der Waals surface area contributed by atoms with Crippen molar-refractivity contribution in [3.63, 3.8) is 0 Å². The summed E-state index contributed by atoms with van der Waals surface area (Å²) in [6.07, 6.45) is 8.83. The van der Waals surface area contributed by atoms with Gasteiger partial charge in [-0.15, -0.1) is 0 Å². The van der Waals surface area contributed by atoms with Crippen LogP contribution in [0.25, 0.3) is 0 Å². The molecule has 0 spiro atoms. The number of rotatable bonds is 5. The van der Waals surface area contributed by atoms with Gasteiger partial charge in [0, 0.05) is 25.6 Å². The number of hydrogen-bond acceptors (Lipinski definition) is 3. The number of benzene rings is 1. The minimum Gasteiger partial charge on any atom is -0.356 e. The molecule has 1 aromatic carbocycles. The van der Waals surface area contributed by atoms with Gasteiger partial charge in [0.15, 0.2) is 0 Å². The topological polar surface area (TPSA) is 66.5 Å². The van der Waals surface area contributed by atoms with E-state index >= 15 is 0 Å². The molecule has 0 radical (unpaired) electrons. The molecule has 29 heavy (non-hydrogen) atoms. The van der Waals surface area contributed by atoms with Gasteiger partial charge in [0.2, 0.25) is 15.9 Å². The zero-order chi connectivity index (χ0) is 19.3. The van der Waals surface area contributed by atoms with Crippen LogP contribution in [0.15, 0.2) is 29.2 Å². The highest BCUT2D eigenvalue weighted by atomic mass is 32.2. The molecule has 1 N–H and O–H groups in total. The van der Waals surface area contributed by atoms with E-state index in [9.17, 15) is 13.2 Å².